The number of nitrogens with one attached hydrogen (secondary N) is 1. The van der Waals surface area contributed by atoms with Crippen molar-refractivity contribution < 1.29 is 32.3 Å². The van der Waals surface area contributed by atoms with Crippen molar-refractivity contribution in [3.05, 3.63) is 59.2 Å². The Hall–Kier alpha value is -3.44. The Labute approximate surface area is 204 Å². The molecule has 0 saturated carbocycles. The average molecular weight is 504 g/mol. The van der Waals surface area contributed by atoms with Crippen molar-refractivity contribution >= 4 is 39.2 Å². The number of ether oxygens (including phenoxy) is 2. The molecule has 1 saturated heterocycles. The Kier molecular flexibility index (Phi) is 8.47. The first kappa shape index (κ1) is 26.2. The zero-order valence-corrected chi connectivity index (χ0v) is 20.8. The average Bonchev–Trinajstić information content (AvgIpc) is 2.83. The third-order valence-corrected chi connectivity index (χ3v) is 6.54. The van der Waals surface area contributed by atoms with Crippen molar-refractivity contribution in [1.29, 1.82) is 0 Å². The van der Waals surface area contributed by atoms with E-state index in [4.69, 9.17) is 9.47 Å². The standard InChI is InChI=1S/C24H29N3O7S/c1-4-34-24(30)19-7-10-21(17(2)15-19)25-22(28)16-27(35(3,31)32)20-8-5-18(6-9-20)23(29)26-11-13-33-14-12-26/h5-10,15H,4,11-14,16H2,1-3H3,(H,25,28). The van der Waals surface area contributed by atoms with Gasteiger partial charge in [0.15, 0.2) is 0 Å². The van der Waals surface area contributed by atoms with Gasteiger partial charge in [-0.2, -0.15) is 0 Å². The molecule has 1 N–H and O–H groups in total. The molecule has 2 amide bonds. The second kappa shape index (κ2) is 11.3. The topological polar surface area (TPSA) is 122 Å². The van der Waals surface area contributed by atoms with Crippen LogP contribution in [0.4, 0.5) is 11.4 Å². The summed E-state index contributed by atoms with van der Waals surface area (Å²) in [5.74, 6) is -1.19. The predicted molar refractivity (Wildman–Crippen MR) is 131 cm³/mol. The van der Waals surface area contributed by atoms with E-state index < -0.39 is 28.4 Å². The van der Waals surface area contributed by atoms with Gasteiger partial charge in [-0.1, -0.05) is 0 Å². The fraction of sp³-hybridized carbons (Fsp3) is 0.375. The molecule has 2 aromatic rings. The van der Waals surface area contributed by atoms with Gasteiger partial charge in [0.05, 0.1) is 37.3 Å². The third-order valence-electron chi connectivity index (χ3n) is 5.40. The highest BCUT2D eigenvalue weighted by atomic mass is 32.2. The molecule has 0 spiro atoms. The second-order valence-corrected chi connectivity index (χ2v) is 9.93. The quantitative estimate of drug-likeness (QED) is 0.547. The van der Waals surface area contributed by atoms with Gasteiger partial charge in [-0.25, -0.2) is 13.2 Å². The molecule has 35 heavy (non-hydrogen) atoms. The fourth-order valence-corrected chi connectivity index (χ4v) is 4.44. The number of hydrogen-bond acceptors (Lipinski definition) is 7. The predicted octanol–water partition coefficient (Wildman–Crippen LogP) is 2.05. The Morgan fingerprint density at radius 2 is 1.69 bits per heavy atom. The molecular weight excluding hydrogens is 474 g/mol. The van der Waals surface area contributed by atoms with Crippen molar-refractivity contribution in [3.8, 4) is 0 Å². The highest BCUT2D eigenvalue weighted by Gasteiger charge is 2.23. The van der Waals surface area contributed by atoms with Gasteiger partial charge in [-0.15, -0.1) is 0 Å². The lowest BCUT2D eigenvalue weighted by molar-refractivity contribution is -0.114. The Morgan fingerprint density at radius 3 is 2.26 bits per heavy atom. The minimum absolute atomic E-state index is 0.162. The minimum Gasteiger partial charge on any atom is -0.462 e. The van der Waals surface area contributed by atoms with Crippen LogP contribution in [0, 0.1) is 6.92 Å². The van der Waals surface area contributed by atoms with E-state index in [1.54, 1.807) is 43.0 Å². The fourth-order valence-electron chi connectivity index (χ4n) is 3.58. The molecule has 10 nitrogen and oxygen atoms in total. The van der Waals surface area contributed by atoms with Gasteiger partial charge in [-0.3, -0.25) is 13.9 Å². The van der Waals surface area contributed by atoms with Crippen LogP contribution >= 0.6 is 0 Å². The van der Waals surface area contributed by atoms with Crippen LogP contribution in [0.1, 0.15) is 33.2 Å². The van der Waals surface area contributed by atoms with Gasteiger partial charge in [0.1, 0.15) is 6.54 Å². The summed E-state index contributed by atoms with van der Waals surface area (Å²) in [7, 11) is -3.79. The summed E-state index contributed by atoms with van der Waals surface area (Å²) in [5, 5.41) is 2.68. The van der Waals surface area contributed by atoms with Crippen LogP contribution < -0.4 is 9.62 Å². The van der Waals surface area contributed by atoms with Crippen molar-refractivity contribution in [2.75, 3.05) is 55.3 Å². The molecule has 11 heteroatoms. The van der Waals surface area contributed by atoms with E-state index in [2.05, 4.69) is 5.32 Å². The first-order valence-corrected chi connectivity index (χ1v) is 13.0. The van der Waals surface area contributed by atoms with Gasteiger partial charge >= 0.3 is 5.97 Å². The lowest BCUT2D eigenvalue weighted by Crippen LogP contribution is -2.40. The number of amides is 2. The molecular formula is C24H29N3O7S. The molecule has 3 rings (SSSR count). The van der Waals surface area contributed by atoms with Crippen LogP contribution in [0.2, 0.25) is 0 Å². The molecule has 0 atom stereocenters. The summed E-state index contributed by atoms with van der Waals surface area (Å²) in [6.07, 6.45) is 1.01. The van der Waals surface area contributed by atoms with Gasteiger partial charge in [0.2, 0.25) is 15.9 Å². The van der Waals surface area contributed by atoms with Gasteiger partial charge < -0.3 is 19.7 Å². The van der Waals surface area contributed by atoms with E-state index >= 15 is 0 Å². The number of esters is 1. The second-order valence-electron chi connectivity index (χ2n) is 8.02. The summed E-state index contributed by atoms with van der Waals surface area (Å²) in [5.41, 5.74) is 2.11. The van der Waals surface area contributed by atoms with Gasteiger partial charge in [-0.05, 0) is 61.9 Å². The molecule has 1 fully saturated rings. The molecule has 0 aromatic heterocycles. The number of anilines is 2. The van der Waals surface area contributed by atoms with E-state index in [-0.39, 0.29) is 18.2 Å². The smallest absolute Gasteiger partial charge is 0.338 e. The maximum absolute atomic E-state index is 12.7. The van der Waals surface area contributed by atoms with E-state index in [9.17, 15) is 22.8 Å². The van der Waals surface area contributed by atoms with Crippen LogP contribution in [0.25, 0.3) is 0 Å². The van der Waals surface area contributed by atoms with Crippen LogP contribution in [0.5, 0.6) is 0 Å². The molecule has 2 aromatic carbocycles. The molecule has 0 unspecified atom stereocenters. The largest absolute Gasteiger partial charge is 0.462 e. The Morgan fingerprint density at radius 1 is 1.06 bits per heavy atom. The minimum atomic E-state index is -3.79. The lowest BCUT2D eigenvalue weighted by atomic mass is 10.1. The highest BCUT2D eigenvalue weighted by molar-refractivity contribution is 7.92. The molecule has 0 radical (unpaired) electrons. The Balaban J connectivity index is 1.72. The number of carbonyl (C=O) groups is 3. The number of nitrogens with zero attached hydrogens (tertiary/aromatic N) is 2. The van der Waals surface area contributed by atoms with Crippen molar-refractivity contribution in [3.63, 3.8) is 0 Å². The molecule has 1 aliphatic heterocycles. The molecule has 0 aliphatic carbocycles. The van der Waals surface area contributed by atoms with Crippen LogP contribution in [-0.2, 0) is 24.3 Å². The first-order chi connectivity index (χ1) is 16.6. The summed E-state index contributed by atoms with van der Waals surface area (Å²) in [6, 6.07) is 10.8. The molecule has 188 valence electrons. The molecule has 0 bridgehead atoms. The number of rotatable bonds is 8. The number of aryl methyl sites for hydroxylation is 1. The number of sulfonamides is 1. The number of morpholine rings is 1. The lowest BCUT2D eigenvalue weighted by Gasteiger charge is -2.27. The number of hydrogen-bond donors (Lipinski definition) is 1. The van der Waals surface area contributed by atoms with Gasteiger partial charge in [0.25, 0.3) is 5.91 Å². The molecule has 1 aliphatic rings. The van der Waals surface area contributed by atoms with Crippen LogP contribution in [-0.4, -0.2) is 76.8 Å². The normalized spacial score (nSPS) is 13.7. The number of carbonyl (C=O) groups excluding carboxylic acids is 3. The molecule has 1 heterocycles. The van der Waals surface area contributed by atoms with Crippen molar-refractivity contribution in [2.45, 2.75) is 13.8 Å². The van der Waals surface area contributed by atoms with E-state index in [1.807, 2.05) is 0 Å². The highest BCUT2D eigenvalue weighted by Crippen LogP contribution is 2.21. The zero-order valence-electron chi connectivity index (χ0n) is 19.9. The monoisotopic (exact) mass is 503 g/mol. The van der Waals surface area contributed by atoms with Crippen molar-refractivity contribution in [2.24, 2.45) is 0 Å². The summed E-state index contributed by atoms with van der Waals surface area (Å²) in [6.45, 7) is 5.17. The SMILES string of the molecule is CCOC(=O)c1ccc(NC(=O)CN(c2ccc(C(=O)N3CCOCC3)cc2)S(C)(=O)=O)c(C)c1. The van der Waals surface area contributed by atoms with Gasteiger partial charge in [0, 0.05) is 24.3 Å². The van der Waals surface area contributed by atoms with Crippen LogP contribution in [0.3, 0.4) is 0 Å². The maximum atomic E-state index is 12.7. The first-order valence-electron chi connectivity index (χ1n) is 11.1. The summed E-state index contributed by atoms with van der Waals surface area (Å²) in [4.78, 5) is 38.9. The number of benzene rings is 2. The maximum Gasteiger partial charge on any atom is 0.338 e. The zero-order chi connectivity index (χ0) is 25.6. The Bertz CT molecular complexity index is 1190. The van der Waals surface area contributed by atoms with E-state index in [0.29, 0.717) is 48.7 Å². The summed E-state index contributed by atoms with van der Waals surface area (Å²) < 4.78 is 36.1. The van der Waals surface area contributed by atoms with Crippen LogP contribution in [0.15, 0.2) is 42.5 Å². The third kappa shape index (κ3) is 6.80. The van der Waals surface area contributed by atoms with E-state index in [1.165, 1.54) is 18.2 Å². The summed E-state index contributed by atoms with van der Waals surface area (Å²) >= 11 is 0. The van der Waals surface area contributed by atoms with Crippen molar-refractivity contribution in [1.82, 2.24) is 4.90 Å². The van der Waals surface area contributed by atoms with E-state index in [0.717, 1.165) is 10.6 Å².